The van der Waals surface area contributed by atoms with Crippen molar-refractivity contribution in [2.75, 3.05) is 0 Å². The Labute approximate surface area is 131 Å². The summed E-state index contributed by atoms with van der Waals surface area (Å²) in [5.74, 6) is 0.345. The van der Waals surface area contributed by atoms with Crippen LogP contribution in [0, 0.1) is 5.92 Å². The molecule has 0 radical (unpaired) electrons. The first-order chi connectivity index (χ1) is 10.7. The molecule has 0 aliphatic carbocycles. The highest BCUT2D eigenvalue weighted by Gasteiger charge is 2.16. The maximum absolute atomic E-state index is 13.5. The standard InChI is InChI=1S/C20H24F2/c1-3-7-15(8-4-2)13-19(20(21)22)18-12-11-16-9-5-6-10-17(16)14-18/h5-6,9-12,14-15H,3-4,7-8,13H2,1-2H3. The number of hydrogen-bond acceptors (Lipinski definition) is 0. The van der Waals surface area contributed by atoms with Gasteiger partial charge < -0.3 is 0 Å². The van der Waals surface area contributed by atoms with Gasteiger partial charge >= 0.3 is 0 Å². The molecular weight excluding hydrogens is 278 g/mol. The number of benzene rings is 2. The van der Waals surface area contributed by atoms with E-state index in [1.165, 1.54) is 0 Å². The highest BCUT2D eigenvalue weighted by Crippen LogP contribution is 2.33. The molecule has 0 amide bonds. The fraction of sp³-hybridized carbons (Fsp3) is 0.400. The zero-order valence-electron chi connectivity index (χ0n) is 13.4. The number of allylic oxidation sites excluding steroid dienone is 1. The molecular formula is C20H24F2. The predicted octanol–water partition coefficient (Wildman–Crippen LogP) is 7.05. The van der Waals surface area contributed by atoms with E-state index in [1.54, 1.807) is 0 Å². The number of rotatable bonds is 7. The summed E-state index contributed by atoms with van der Waals surface area (Å²) >= 11 is 0. The molecule has 0 saturated carbocycles. The van der Waals surface area contributed by atoms with Gasteiger partial charge in [0.2, 0.25) is 0 Å². The molecule has 2 aromatic carbocycles. The van der Waals surface area contributed by atoms with E-state index >= 15 is 0 Å². The van der Waals surface area contributed by atoms with Crippen LogP contribution in [0.25, 0.3) is 16.3 Å². The Morgan fingerprint density at radius 1 is 0.909 bits per heavy atom. The van der Waals surface area contributed by atoms with Crippen LogP contribution in [0.1, 0.15) is 51.5 Å². The zero-order valence-corrected chi connectivity index (χ0v) is 13.4. The van der Waals surface area contributed by atoms with Crippen molar-refractivity contribution in [3.63, 3.8) is 0 Å². The molecule has 2 aromatic rings. The van der Waals surface area contributed by atoms with Gasteiger partial charge in [-0.15, -0.1) is 0 Å². The second-order valence-electron chi connectivity index (χ2n) is 5.95. The summed E-state index contributed by atoms with van der Waals surface area (Å²) in [4.78, 5) is 0. The van der Waals surface area contributed by atoms with Crippen molar-refractivity contribution in [2.24, 2.45) is 5.92 Å². The van der Waals surface area contributed by atoms with Crippen LogP contribution in [-0.4, -0.2) is 0 Å². The topological polar surface area (TPSA) is 0 Å². The highest BCUT2D eigenvalue weighted by atomic mass is 19.3. The maximum Gasteiger partial charge on any atom is 0.274 e. The van der Waals surface area contributed by atoms with Crippen molar-refractivity contribution in [3.05, 3.63) is 54.1 Å². The predicted molar refractivity (Wildman–Crippen MR) is 91.0 cm³/mol. The minimum absolute atomic E-state index is 0.220. The number of halogens is 2. The summed E-state index contributed by atoms with van der Waals surface area (Å²) in [5, 5.41) is 2.10. The summed E-state index contributed by atoms with van der Waals surface area (Å²) in [6, 6.07) is 13.5. The van der Waals surface area contributed by atoms with Gasteiger partial charge in [-0.25, -0.2) is 0 Å². The Bertz CT molecular complexity index is 633. The first-order valence-electron chi connectivity index (χ1n) is 8.19. The van der Waals surface area contributed by atoms with Gasteiger partial charge in [-0.2, -0.15) is 8.78 Å². The van der Waals surface area contributed by atoms with Gasteiger partial charge in [0.15, 0.2) is 0 Å². The smallest absolute Gasteiger partial charge is 0.173 e. The molecule has 0 saturated heterocycles. The largest absolute Gasteiger partial charge is 0.274 e. The van der Waals surface area contributed by atoms with Gasteiger partial charge in [0.05, 0.1) is 0 Å². The summed E-state index contributed by atoms with van der Waals surface area (Å²) < 4.78 is 27.0. The van der Waals surface area contributed by atoms with Crippen molar-refractivity contribution >= 4 is 16.3 Å². The normalized spacial score (nSPS) is 11.1. The Hall–Kier alpha value is -1.70. The quantitative estimate of drug-likeness (QED) is 0.514. The summed E-state index contributed by atoms with van der Waals surface area (Å²) in [7, 11) is 0. The van der Waals surface area contributed by atoms with Gasteiger partial charge in [-0.05, 0) is 34.7 Å². The fourth-order valence-corrected chi connectivity index (χ4v) is 3.13. The molecule has 2 rings (SSSR count). The Kier molecular flexibility index (Phi) is 6.11. The van der Waals surface area contributed by atoms with Crippen molar-refractivity contribution in [1.82, 2.24) is 0 Å². The molecule has 0 spiro atoms. The average molecular weight is 302 g/mol. The van der Waals surface area contributed by atoms with E-state index in [1.807, 2.05) is 42.5 Å². The minimum atomic E-state index is -1.53. The van der Waals surface area contributed by atoms with Crippen molar-refractivity contribution in [1.29, 1.82) is 0 Å². The molecule has 2 heteroatoms. The molecule has 0 fully saturated rings. The first kappa shape index (κ1) is 16.7. The molecule has 0 aliphatic heterocycles. The lowest BCUT2D eigenvalue weighted by atomic mass is 9.88. The lowest BCUT2D eigenvalue weighted by Gasteiger charge is -2.17. The number of fused-ring (bicyclic) bond motifs is 1. The third-order valence-electron chi connectivity index (χ3n) is 4.21. The minimum Gasteiger partial charge on any atom is -0.173 e. The maximum atomic E-state index is 13.5. The van der Waals surface area contributed by atoms with Crippen LogP contribution in [0.4, 0.5) is 8.78 Å². The Balaban J connectivity index is 2.32. The van der Waals surface area contributed by atoms with Crippen molar-refractivity contribution in [2.45, 2.75) is 46.0 Å². The fourth-order valence-electron chi connectivity index (χ4n) is 3.13. The summed E-state index contributed by atoms with van der Waals surface area (Å²) in [6.07, 6.45) is 3.05. The van der Waals surface area contributed by atoms with Crippen LogP contribution in [0.15, 0.2) is 48.5 Å². The van der Waals surface area contributed by atoms with E-state index in [0.29, 0.717) is 17.9 Å². The highest BCUT2D eigenvalue weighted by molar-refractivity contribution is 5.86. The SMILES string of the molecule is CCCC(CCC)CC(=C(F)F)c1ccc2ccccc2c1. The Morgan fingerprint density at radius 3 is 2.14 bits per heavy atom. The van der Waals surface area contributed by atoms with E-state index < -0.39 is 6.08 Å². The molecule has 0 unspecified atom stereocenters. The van der Waals surface area contributed by atoms with E-state index in [-0.39, 0.29) is 5.57 Å². The van der Waals surface area contributed by atoms with Gasteiger partial charge in [0.25, 0.3) is 6.08 Å². The van der Waals surface area contributed by atoms with E-state index in [4.69, 9.17) is 0 Å². The van der Waals surface area contributed by atoms with Gasteiger partial charge in [-0.1, -0.05) is 75.9 Å². The molecule has 0 bridgehead atoms. The molecule has 0 atom stereocenters. The lowest BCUT2D eigenvalue weighted by Crippen LogP contribution is -2.02. The van der Waals surface area contributed by atoms with E-state index in [2.05, 4.69) is 13.8 Å². The summed E-state index contributed by atoms with van der Waals surface area (Å²) in [5.41, 5.74) is 0.883. The third kappa shape index (κ3) is 4.16. The van der Waals surface area contributed by atoms with Crippen molar-refractivity contribution in [3.8, 4) is 0 Å². The second-order valence-corrected chi connectivity index (χ2v) is 5.95. The summed E-state index contributed by atoms with van der Waals surface area (Å²) in [6.45, 7) is 4.24. The Morgan fingerprint density at radius 2 is 1.55 bits per heavy atom. The molecule has 22 heavy (non-hydrogen) atoms. The van der Waals surface area contributed by atoms with Gasteiger partial charge in [-0.3, -0.25) is 0 Å². The van der Waals surface area contributed by atoms with E-state index in [0.717, 1.165) is 36.5 Å². The zero-order chi connectivity index (χ0) is 15.9. The van der Waals surface area contributed by atoms with Crippen LogP contribution < -0.4 is 0 Å². The molecule has 0 aromatic heterocycles. The second kappa shape index (κ2) is 8.07. The molecule has 0 aliphatic rings. The molecule has 0 N–H and O–H groups in total. The lowest BCUT2D eigenvalue weighted by molar-refractivity contribution is 0.406. The van der Waals surface area contributed by atoms with Gasteiger partial charge in [0, 0.05) is 5.57 Å². The van der Waals surface area contributed by atoms with Gasteiger partial charge in [0.1, 0.15) is 0 Å². The van der Waals surface area contributed by atoms with Crippen molar-refractivity contribution < 1.29 is 8.78 Å². The van der Waals surface area contributed by atoms with Crippen LogP contribution in [0.5, 0.6) is 0 Å². The van der Waals surface area contributed by atoms with E-state index in [9.17, 15) is 8.78 Å². The molecule has 118 valence electrons. The molecule has 0 heterocycles. The van der Waals surface area contributed by atoms with Crippen LogP contribution >= 0.6 is 0 Å². The third-order valence-corrected chi connectivity index (χ3v) is 4.21. The monoisotopic (exact) mass is 302 g/mol. The number of hydrogen-bond donors (Lipinski definition) is 0. The average Bonchev–Trinajstić information content (AvgIpc) is 2.52. The first-order valence-corrected chi connectivity index (χ1v) is 8.19. The van der Waals surface area contributed by atoms with Crippen LogP contribution in [-0.2, 0) is 0 Å². The van der Waals surface area contributed by atoms with Crippen LogP contribution in [0.3, 0.4) is 0 Å². The molecule has 0 nitrogen and oxygen atoms in total. The van der Waals surface area contributed by atoms with Crippen LogP contribution in [0.2, 0.25) is 0 Å².